The lowest BCUT2D eigenvalue weighted by Crippen LogP contribution is -2.42. The SMILES string of the molecule is COc1ccc([C@H]2C[C@H]3c4c(nc5ccc(Br)cc5c4N2)CCN3C(C)=O)cc1Cl. The van der Waals surface area contributed by atoms with E-state index in [1.165, 1.54) is 0 Å². The third kappa shape index (κ3) is 3.13. The summed E-state index contributed by atoms with van der Waals surface area (Å²) in [5, 5.41) is 5.39. The van der Waals surface area contributed by atoms with E-state index in [0.29, 0.717) is 17.3 Å². The quantitative estimate of drug-likeness (QED) is 0.508. The third-order valence-electron chi connectivity index (χ3n) is 6.12. The molecule has 5 rings (SSSR count). The van der Waals surface area contributed by atoms with Gasteiger partial charge in [0.05, 0.1) is 41.1 Å². The number of halogens is 2. The smallest absolute Gasteiger partial charge is 0.219 e. The Morgan fingerprint density at radius 3 is 2.87 bits per heavy atom. The lowest BCUT2D eigenvalue weighted by molar-refractivity contribution is -0.132. The Morgan fingerprint density at radius 2 is 2.13 bits per heavy atom. The molecule has 5 nitrogen and oxygen atoms in total. The number of fused-ring (bicyclic) bond motifs is 2. The summed E-state index contributed by atoms with van der Waals surface area (Å²) in [4.78, 5) is 19.4. The molecule has 0 fully saturated rings. The lowest BCUT2D eigenvalue weighted by atomic mass is 9.83. The zero-order chi connectivity index (χ0) is 21.0. The molecule has 0 unspecified atom stereocenters. The minimum Gasteiger partial charge on any atom is -0.495 e. The largest absolute Gasteiger partial charge is 0.495 e. The number of pyridine rings is 1. The second-order valence-corrected chi connectivity index (χ2v) is 9.14. The highest BCUT2D eigenvalue weighted by Crippen LogP contribution is 2.48. The first-order valence-electron chi connectivity index (χ1n) is 9.95. The summed E-state index contributed by atoms with van der Waals surface area (Å²) in [6, 6.07) is 12.0. The standard InChI is InChI=1S/C23H21BrClN3O2/c1-12(29)28-8-7-18-22-20(28)11-19(13-3-6-21(30-2)16(25)9-13)27-23(22)15-10-14(24)4-5-17(15)26-18/h3-6,9-10,19-20,27H,7-8,11H2,1-2H3/t19-,20+/m1/s1. The maximum atomic E-state index is 12.5. The van der Waals surface area contributed by atoms with Gasteiger partial charge in [-0.2, -0.15) is 0 Å². The molecule has 2 aliphatic rings. The molecule has 3 heterocycles. The number of hydrogen-bond donors (Lipinski definition) is 1. The number of nitrogens with one attached hydrogen (secondary N) is 1. The average Bonchev–Trinajstić information content (AvgIpc) is 2.74. The number of carbonyl (C=O) groups excluding carboxylic acids is 1. The molecule has 2 atom stereocenters. The zero-order valence-corrected chi connectivity index (χ0v) is 19.0. The molecule has 1 amide bonds. The number of aromatic nitrogens is 1. The van der Waals surface area contributed by atoms with E-state index in [0.717, 1.165) is 50.7 Å². The van der Waals surface area contributed by atoms with Crippen molar-refractivity contribution >= 4 is 50.0 Å². The molecule has 3 aromatic rings. The molecular weight excluding hydrogens is 466 g/mol. The lowest BCUT2D eigenvalue weighted by Gasteiger charge is -2.43. The van der Waals surface area contributed by atoms with Crippen molar-refractivity contribution in [3.05, 3.63) is 62.7 Å². The van der Waals surface area contributed by atoms with Gasteiger partial charge in [-0.3, -0.25) is 9.78 Å². The van der Waals surface area contributed by atoms with Gasteiger partial charge < -0.3 is 15.0 Å². The average molecular weight is 487 g/mol. The fourth-order valence-corrected chi connectivity index (χ4v) is 5.37. The molecule has 0 saturated heterocycles. The number of nitrogens with zero attached hydrogens (tertiary/aromatic N) is 2. The summed E-state index contributed by atoms with van der Waals surface area (Å²) < 4.78 is 6.31. The number of hydrogen-bond acceptors (Lipinski definition) is 4. The van der Waals surface area contributed by atoms with Crippen LogP contribution >= 0.6 is 27.5 Å². The Balaban J connectivity index is 1.69. The predicted octanol–water partition coefficient (Wildman–Crippen LogP) is 5.66. The third-order valence-corrected chi connectivity index (χ3v) is 6.91. The first-order valence-corrected chi connectivity index (χ1v) is 11.1. The zero-order valence-electron chi connectivity index (χ0n) is 16.7. The number of carbonyl (C=O) groups is 1. The summed E-state index contributed by atoms with van der Waals surface area (Å²) in [5.74, 6) is 0.750. The molecule has 0 radical (unpaired) electrons. The van der Waals surface area contributed by atoms with Crippen molar-refractivity contribution in [1.82, 2.24) is 9.88 Å². The Morgan fingerprint density at radius 1 is 1.30 bits per heavy atom. The molecule has 30 heavy (non-hydrogen) atoms. The van der Waals surface area contributed by atoms with Crippen molar-refractivity contribution in [1.29, 1.82) is 0 Å². The van der Waals surface area contributed by atoms with E-state index in [1.807, 2.05) is 35.2 Å². The van der Waals surface area contributed by atoms with Gasteiger partial charge in [0.2, 0.25) is 5.91 Å². The number of rotatable bonds is 2. The second kappa shape index (κ2) is 7.43. The van der Waals surface area contributed by atoms with E-state index in [4.69, 9.17) is 21.3 Å². The Labute approximate surface area is 188 Å². The van der Waals surface area contributed by atoms with E-state index < -0.39 is 0 Å². The normalized spacial score (nSPS) is 19.9. The molecule has 7 heteroatoms. The van der Waals surface area contributed by atoms with Crippen molar-refractivity contribution in [2.75, 3.05) is 19.0 Å². The number of methoxy groups -OCH3 is 1. The molecule has 154 valence electrons. The van der Waals surface area contributed by atoms with E-state index in [9.17, 15) is 4.79 Å². The Kier molecular flexibility index (Phi) is 4.86. The molecule has 1 N–H and O–H groups in total. The summed E-state index contributed by atoms with van der Waals surface area (Å²) in [6.45, 7) is 2.34. The molecule has 1 aromatic heterocycles. The molecular formula is C23H21BrClN3O2. The van der Waals surface area contributed by atoms with Crippen LogP contribution in [0.15, 0.2) is 40.9 Å². The predicted molar refractivity (Wildman–Crippen MR) is 122 cm³/mol. The van der Waals surface area contributed by atoms with E-state index >= 15 is 0 Å². The van der Waals surface area contributed by atoms with Crippen molar-refractivity contribution in [3.8, 4) is 5.75 Å². The van der Waals surface area contributed by atoms with Crippen LogP contribution in [0.1, 0.15) is 42.2 Å². The fraction of sp³-hybridized carbons (Fsp3) is 0.304. The van der Waals surface area contributed by atoms with Crippen LogP contribution in [0.4, 0.5) is 5.69 Å². The van der Waals surface area contributed by atoms with Gasteiger partial charge in [-0.25, -0.2) is 0 Å². The minimum absolute atomic E-state index is 0.00995. The topological polar surface area (TPSA) is 54.5 Å². The van der Waals surface area contributed by atoms with Crippen molar-refractivity contribution in [2.45, 2.75) is 31.8 Å². The molecule has 2 aliphatic heterocycles. The van der Waals surface area contributed by atoms with Crippen LogP contribution < -0.4 is 10.1 Å². The Hall–Kier alpha value is -2.31. The molecule has 2 aromatic carbocycles. The van der Waals surface area contributed by atoms with Crippen LogP contribution in [0.5, 0.6) is 5.75 Å². The van der Waals surface area contributed by atoms with Crippen LogP contribution in [-0.2, 0) is 11.2 Å². The molecule has 0 spiro atoms. The first kappa shape index (κ1) is 19.6. The van der Waals surface area contributed by atoms with Crippen LogP contribution in [-0.4, -0.2) is 29.4 Å². The molecule has 0 saturated carbocycles. The fourth-order valence-electron chi connectivity index (χ4n) is 4.74. The second-order valence-electron chi connectivity index (χ2n) is 7.81. The van der Waals surface area contributed by atoms with Gasteiger partial charge in [0.25, 0.3) is 0 Å². The van der Waals surface area contributed by atoms with Crippen LogP contribution in [0.2, 0.25) is 5.02 Å². The summed E-state index contributed by atoms with van der Waals surface area (Å²) in [6.07, 6.45) is 1.54. The highest BCUT2D eigenvalue weighted by Gasteiger charge is 2.39. The number of benzene rings is 2. The first-order chi connectivity index (χ1) is 14.5. The maximum Gasteiger partial charge on any atom is 0.219 e. The summed E-state index contributed by atoms with van der Waals surface area (Å²) in [7, 11) is 1.61. The van der Waals surface area contributed by atoms with Gasteiger partial charge in [-0.05, 0) is 42.3 Å². The molecule has 0 aliphatic carbocycles. The van der Waals surface area contributed by atoms with Crippen molar-refractivity contribution in [3.63, 3.8) is 0 Å². The monoisotopic (exact) mass is 485 g/mol. The van der Waals surface area contributed by atoms with Crippen LogP contribution in [0.25, 0.3) is 10.9 Å². The van der Waals surface area contributed by atoms with Crippen LogP contribution in [0.3, 0.4) is 0 Å². The highest BCUT2D eigenvalue weighted by molar-refractivity contribution is 9.10. The number of anilines is 1. The van der Waals surface area contributed by atoms with Gasteiger partial charge in [-0.1, -0.05) is 33.6 Å². The van der Waals surface area contributed by atoms with Gasteiger partial charge in [0.15, 0.2) is 0 Å². The number of amides is 1. The van der Waals surface area contributed by atoms with E-state index in [2.05, 4.69) is 27.3 Å². The minimum atomic E-state index is -0.00995. The van der Waals surface area contributed by atoms with Crippen molar-refractivity contribution < 1.29 is 9.53 Å². The highest BCUT2D eigenvalue weighted by atomic mass is 79.9. The van der Waals surface area contributed by atoms with E-state index in [-0.39, 0.29) is 18.0 Å². The van der Waals surface area contributed by atoms with Gasteiger partial charge >= 0.3 is 0 Å². The van der Waals surface area contributed by atoms with E-state index in [1.54, 1.807) is 14.0 Å². The van der Waals surface area contributed by atoms with Crippen molar-refractivity contribution in [2.24, 2.45) is 0 Å². The summed E-state index contributed by atoms with van der Waals surface area (Å²) in [5.41, 5.74) is 5.33. The van der Waals surface area contributed by atoms with Crippen LogP contribution in [0, 0.1) is 0 Å². The summed E-state index contributed by atoms with van der Waals surface area (Å²) >= 11 is 10.0. The Bertz CT molecular complexity index is 1180. The number of ether oxygens (including phenoxy) is 1. The van der Waals surface area contributed by atoms with Gasteiger partial charge in [0.1, 0.15) is 5.75 Å². The van der Waals surface area contributed by atoms with Gasteiger partial charge in [0, 0.05) is 35.3 Å². The maximum absolute atomic E-state index is 12.5. The molecule has 0 bridgehead atoms. The van der Waals surface area contributed by atoms with Gasteiger partial charge in [-0.15, -0.1) is 0 Å².